The highest BCUT2D eigenvalue weighted by molar-refractivity contribution is 6.52. The highest BCUT2D eigenvalue weighted by Crippen LogP contribution is 2.31. The number of halogens is 1. The molecule has 112 valence electrons. The van der Waals surface area contributed by atoms with Crippen molar-refractivity contribution in [2.24, 2.45) is 0 Å². The summed E-state index contributed by atoms with van der Waals surface area (Å²) >= 11 is 0. The molecule has 2 rings (SSSR count). The minimum atomic E-state index is -0.965. The van der Waals surface area contributed by atoms with Crippen molar-refractivity contribution in [2.45, 2.75) is 39.3 Å². The van der Waals surface area contributed by atoms with Crippen molar-refractivity contribution < 1.29 is 23.5 Å². The number of ketones is 1. The zero-order valence-corrected chi connectivity index (χ0v) is 12.3. The number of hydrogen-bond donors (Lipinski definition) is 0. The molecule has 1 aliphatic heterocycles. The van der Waals surface area contributed by atoms with E-state index in [1.165, 1.54) is 13.0 Å². The highest BCUT2D eigenvalue weighted by Gasteiger charge is 2.42. The Hall–Kier alpha value is -2.24. The zero-order valence-electron chi connectivity index (χ0n) is 12.3. The van der Waals surface area contributed by atoms with E-state index in [0.29, 0.717) is 0 Å². The Morgan fingerprint density at radius 2 is 1.90 bits per heavy atom. The van der Waals surface area contributed by atoms with Crippen molar-refractivity contribution >= 4 is 23.3 Å². The van der Waals surface area contributed by atoms with Crippen LogP contribution in [-0.2, 0) is 14.3 Å². The summed E-state index contributed by atoms with van der Waals surface area (Å²) in [5.41, 5.74) is -0.510. The molecule has 0 N–H and O–H groups in total. The molecule has 21 heavy (non-hydrogen) atoms. The molecule has 1 amide bonds. The molecule has 0 radical (unpaired) electrons. The molecule has 5 nitrogen and oxygen atoms in total. The summed E-state index contributed by atoms with van der Waals surface area (Å²) in [4.78, 5) is 37.0. The Labute approximate surface area is 121 Å². The maximum Gasteiger partial charge on any atom is 0.329 e. The van der Waals surface area contributed by atoms with Gasteiger partial charge in [0.2, 0.25) is 0 Å². The first-order chi connectivity index (χ1) is 9.61. The Bertz CT molecular complexity index is 633. The Morgan fingerprint density at radius 1 is 1.29 bits per heavy atom. The van der Waals surface area contributed by atoms with Gasteiger partial charge in [0.15, 0.2) is 0 Å². The van der Waals surface area contributed by atoms with Crippen LogP contribution in [0.3, 0.4) is 0 Å². The molecule has 1 heterocycles. The van der Waals surface area contributed by atoms with Crippen LogP contribution in [0.5, 0.6) is 0 Å². The molecule has 1 aliphatic rings. The van der Waals surface area contributed by atoms with Crippen LogP contribution >= 0.6 is 0 Å². The van der Waals surface area contributed by atoms with Crippen LogP contribution in [0.4, 0.5) is 10.1 Å². The summed E-state index contributed by atoms with van der Waals surface area (Å²) in [6.45, 7) is 6.59. The molecule has 0 saturated carbocycles. The van der Waals surface area contributed by atoms with E-state index in [9.17, 15) is 18.8 Å². The van der Waals surface area contributed by atoms with E-state index in [-0.39, 0.29) is 11.3 Å². The number of benzene rings is 1. The number of esters is 1. The number of anilines is 1. The normalized spacial score (nSPS) is 16.0. The van der Waals surface area contributed by atoms with E-state index in [2.05, 4.69) is 0 Å². The lowest BCUT2D eigenvalue weighted by molar-refractivity contribution is -0.156. The third kappa shape index (κ3) is 2.79. The van der Waals surface area contributed by atoms with Crippen LogP contribution in [0.25, 0.3) is 0 Å². The number of carbonyl (C=O) groups excluding carboxylic acids is 3. The van der Waals surface area contributed by atoms with E-state index < -0.39 is 35.1 Å². The summed E-state index contributed by atoms with van der Waals surface area (Å²) in [7, 11) is 0. The van der Waals surface area contributed by atoms with E-state index in [1.54, 1.807) is 20.8 Å². The average Bonchev–Trinajstić information content (AvgIpc) is 2.59. The Morgan fingerprint density at radius 3 is 2.48 bits per heavy atom. The number of Topliss-reactive ketones (excluding diaryl/α,β-unsaturated/α-hetero) is 1. The Kier molecular flexibility index (Phi) is 3.57. The smallest absolute Gasteiger partial charge is 0.329 e. The van der Waals surface area contributed by atoms with Gasteiger partial charge in [-0.3, -0.25) is 14.5 Å². The third-order valence-corrected chi connectivity index (χ3v) is 3.01. The van der Waals surface area contributed by atoms with Crippen molar-refractivity contribution in [1.29, 1.82) is 0 Å². The molecule has 1 aromatic carbocycles. The standard InChI is InChI=1S/C15H16FNO4/c1-8(14(20)21-15(2,3)4)17-11-6-5-9(16)7-10(11)12(18)13(17)19/h5-8H,1-4H3. The van der Waals surface area contributed by atoms with Crippen LogP contribution in [0.1, 0.15) is 38.1 Å². The first-order valence-corrected chi connectivity index (χ1v) is 6.52. The fraction of sp³-hybridized carbons (Fsp3) is 0.400. The first kappa shape index (κ1) is 15.2. The predicted octanol–water partition coefficient (Wildman–Crippen LogP) is 2.09. The number of hydrogen-bond acceptors (Lipinski definition) is 4. The number of rotatable bonds is 2. The van der Waals surface area contributed by atoms with Crippen LogP contribution in [0.2, 0.25) is 0 Å². The molecule has 0 spiro atoms. The summed E-state index contributed by atoms with van der Waals surface area (Å²) in [5.74, 6) is -2.91. The van der Waals surface area contributed by atoms with Gasteiger partial charge in [-0.15, -0.1) is 0 Å². The first-order valence-electron chi connectivity index (χ1n) is 6.52. The van der Waals surface area contributed by atoms with Crippen LogP contribution < -0.4 is 4.90 Å². The fourth-order valence-corrected chi connectivity index (χ4v) is 2.11. The number of fused-ring (bicyclic) bond motifs is 1. The predicted molar refractivity (Wildman–Crippen MR) is 73.5 cm³/mol. The maximum atomic E-state index is 13.2. The second-order valence-corrected chi connectivity index (χ2v) is 5.88. The van der Waals surface area contributed by atoms with Gasteiger partial charge in [0.05, 0.1) is 11.3 Å². The number of carbonyl (C=O) groups is 3. The average molecular weight is 293 g/mol. The fourth-order valence-electron chi connectivity index (χ4n) is 2.11. The molecule has 0 fully saturated rings. The van der Waals surface area contributed by atoms with Crippen molar-refractivity contribution in [3.05, 3.63) is 29.6 Å². The van der Waals surface area contributed by atoms with Gasteiger partial charge >= 0.3 is 5.97 Å². The molecule has 0 saturated heterocycles. The van der Waals surface area contributed by atoms with Gasteiger partial charge in [-0.1, -0.05) is 0 Å². The minimum absolute atomic E-state index is 0.0320. The molecular weight excluding hydrogens is 277 g/mol. The highest BCUT2D eigenvalue weighted by atomic mass is 19.1. The van der Waals surface area contributed by atoms with Gasteiger partial charge in [-0.25, -0.2) is 9.18 Å². The van der Waals surface area contributed by atoms with Gasteiger partial charge in [0, 0.05) is 0 Å². The maximum absolute atomic E-state index is 13.2. The molecule has 1 atom stereocenters. The van der Waals surface area contributed by atoms with Gasteiger partial charge in [-0.2, -0.15) is 0 Å². The van der Waals surface area contributed by atoms with Crippen LogP contribution in [0.15, 0.2) is 18.2 Å². The van der Waals surface area contributed by atoms with Gasteiger partial charge in [-0.05, 0) is 45.9 Å². The van der Waals surface area contributed by atoms with E-state index in [4.69, 9.17) is 4.74 Å². The molecule has 0 aliphatic carbocycles. The lowest BCUT2D eigenvalue weighted by Gasteiger charge is -2.27. The molecule has 6 heteroatoms. The van der Waals surface area contributed by atoms with Gasteiger partial charge < -0.3 is 4.74 Å². The topological polar surface area (TPSA) is 63.7 Å². The third-order valence-electron chi connectivity index (χ3n) is 3.01. The quantitative estimate of drug-likeness (QED) is 0.618. The lowest BCUT2D eigenvalue weighted by Crippen LogP contribution is -2.45. The molecule has 0 bridgehead atoms. The largest absolute Gasteiger partial charge is 0.458 e. The summed E-state index contributed by atoms with van der Waals surface area (Å²) in [5, 5.41) is 0. The number of amides is 1. The van der Waals surface area contributed by atoms with Crippen molar-refractivity contribution in [2.75, 3.05) is 4.90 Å². The minimum Gasteiger partial charge on any atom is -0.458 e. The van der Waals surface area contributed by atoms with Gasteiger partial charge in [0.25, 0.3) is 11.7 Å². The van der Waals surface area contributed by atoms with Crippen LogP contribution in [0, 0.1) is 5.82 Å². The molecule has 1 unspecified atom stereocenters. The SMILES string of the molecule is CC(C(=O)OC(C)(C)C)N1C(=O)C(=O)c2cc(F)ccc21. The van der Waals surface area contributed by atoms with E-state index >= 15 is 0 Å². The summed E-state index contributed by atoms with van der Waals surface area (Å²) in [6.07, 6.45) is 0. The van der Waals surface area contributed by atoms with Crippen molar-refractivity contribution in [3.63, 3.8) is 0 Å². The molecule has 0 aromatic heterocycles. The lowest BCUT2D eigenvalue weighted by atomic mass is 10.1. The Balaban J connectivity index is 2.35. The summed E-state index contributed by atoms with van der Waals surface area (Å²) in [6, 6.07) is 2.48. The monoisotopic (exact) mass is 293 g/mol. The molecular formula is C15H16FNO4. The summed E-state index contributed by atoms with van der Waals surface area (Å²) < 4.78 is 18.4. The van der Waals surface area contributed by atoms with E-state index in [0.717, 1.165) is 17.0 Å². The van der Waals surface area contributed by atoms with E-state index in [1.807, 2.05) is 0 Å². The number of ether oxygens (including phenoxy) is 1. The molecule has 1 aromatic rings. The van der Waals surface area contributed by atoms with Crippen LogP contribution in [-0.4, -0.2) is 29.3 Å². The second-order valence-electron chi connectivity index (χ2n) is 5.88. The van der Waals surface area contributed by atoms with Crippen molar-refractivity contribution in [1.82, 2.24) is 0 Å². The van der Waals surface area contributed by atoms with Gasteiger partial charge in [0.1, 0.15) is 17.5 Å². The number of nitrogens with zero attached hydrogens (tertiary/aromatic N) is 1. The second kappa shape index (κ2) is 4.95. The zero-order chi connectivity index (χ0) is 15.9. The van der Waals surface area contributed by atoms with Crippen molar-refractivity contribution in [3.8, 4) is 0 Å².